The van der Waals surface area contributed by atoms with Gasteiger partial charge >= 0.3 is 0 Å². The van der Waals surface area contributed by atoms with E-state index in [0.717, 1.165) is 21.2 Å². The summed E-state index contributed by atoms with van der Waals surface area (Å²) >= 11 is 5.99. The first-order chi connectivity index (χ1) is 15.7. The van der Waals surface area contributed by atoms with E-state index in [2.05, 4.69) is 5.32 Å². The third-order valence-electron chi connectivity index (χ3n) is 5.27. The number of hydrogen-bond donors (Lipinski definition) is 1. The molecule has 0 spiro atoms. The highest BCUT2D eigenvalue weighted by Gasteiger charge is 2.28. The number of nitrogens with one attached hydrogen (secondary N) is 1. The van der Waals surface area contributed by atoms with Crippen molar-refractivity contribution in [3.8, 4) is 5.75 Å². The van der Waals surface area contributed by atoms with Gasteiger partial charge in [-0.2, -0.15) is 0 Å². The quantitative estimate of drug-likeness (QED) is 0.455. The second-order valence-electron chi connectivity index (χ2n) is 7.60. The van der Waals surface area contributed by atoms with E-state index >= 15 is 0 Å². The molecule has 1 amide bonds. The van der Waals surface area contributed by atoms with Crippen LogP contribution in [-0.4, -0.2) is 28.0 Å². The molecule has 0 aliphatic rings. The summed E-state index contributed by atoms with van der Waals surface area (Å²) in [7, 11) is -2.39. The van der Waals surface area contributed by atoms with Gasteiger partial charge in [-0.25, -0.2) is 8.42 Å². The molecule has 3 aromatic carbocycles. The number of hydrogen-bond acceptors (Lipinski definition) is 4. The number of ether oxygens (including phenoxy) is 1. The molecule has 0 aliphatic carbocycles. The predicted molar refractivity (Wildman–Crippen MR) is 131 cm³/mol. The highest BCUT2D eigenvalue weighted by molar-refractivity contribution is 7.92. The Morgan fingerprint density at radius 1 is 1.00 bits per heavy atom. The van der Waals surface area contributed by atoms with Gasteiger partial charge in [-0.3, -0.25) is 9.10 Å². The van der Waals surface area contributed by atoms with Gasteiger partial charge in [0.1, 0.15) is 12.3 Å². The number of carbonyl (C=O) groups excluding carboxylic acids is 1. The zero-order valence-corrected chi connectivity index (χ0v) is 20.4. The first kappa shape index (κ1) is 24.6. The fraction of sp³-hybridized carbons (Fsp3) is 0.240. The highest BCUT2D eigenvalue weighted by Crippen LogP contribution is 2.26. The number of amides is 1. The van der Waals surface area contributed by atoms with Crippen LogP contribution in [0.15, 0.2) is 77.7 Å². The van der Waals surface area contributed by atoms with Gasteiger partial charge < -0.3 is 10.1 Å². The van der Waals surface area contributed by atoms with Crippen molar-refractivity contribution < 1.29 is 17.9 Å². The molecule has 0 radical (unpaired) electrons. The number of anilines is 1. The summed E-state index contributed by atoms with van der Waals surface area (Å²) in [5.74, 6) is 0.307. The molecule has 33 heavy (non-hydrogen) atoms. The van der Waals surface area contributed by atoms with Crippen molar-refractivity contribution in [2.45, 2.75) is 31.2 Å². The van der Waals surface area contributed by atoms with Crippen molar-refractivity contribution in [2.24, 2.45) is 0 Å². The average molecular weight is 487 g/mol. The number of methoxy groups -OCH3 is 1. The van der Waals surface area contributed by atoms with E-state index < -0.39 is 15.9 Å². The summed E-state index contributed by atoms with van der Waals surface area (Å²) in [4.78, 5) is 13.1. The van der Waals surface area contributed by atoms with Crippen molar-refractivity contribution in [2.75, 3.05) is 18.0 Å². The molecular weight excluding hydrogens is 460 g/mol. The lowest BCUT2D eigenvalue weighted by Gasteiger charge is -2.26. The lowest BCUT2D eigenvalue weighted by molar-refractivity contribution is -0.120. The third kappa shape index (κ3) is 6.06. The van der Waals surface area contributed by atoms with Gasteiger partial charge in [0.05, 0.1) is 23.7 Å². The highest BCUT2D eigenvalue weighted by atomic mass is 35.5. The summed E-state index contributed by atoms with van der Waals surface area (Å²) in [6.45, 7) is 3.46. The summed E-state index contributed by atoms with van der Waals surface area (Å²) in [5.41, 5.74) is 2.20. The Balaban J connectivity index is 1.88. The number of carbonyl (C=O) groups is 1. The maximum atomic E-state index is 13.5. The van der Waals surface area contributed by atoms with Crippen LogP contribution in [-0.2, 0) is 14.8 Å². The molecule has 0 saturated carbocycles. The Labute approximate surface area is 200 Å². The molecular formula is C25H27ClN2O4S. The largest absolute Gasteiger partial charge is 0.497 e. The number of halogens is 1. The summed E-state index contributed by atoms with van der Waals surface area (Å²) in [5, 5.41) is 3.43. The Kier molecular flexibility index (Phi) is 8.00. The molecule has 8 heteroatoms. The van der Waals surface area contributed by atoms with Crippen molar-refractivity contribution in [1.29, 1.82) is 0 Å². The minimum absolute atomic E-state index is 0.109. The van der Waals surface area contributed by atoms with Crippen LogP contribution in [0.25, 0.3) is 0 Å². The molecule has 1 N–H and O–H groups in total. The topological polar surface area (TPSA) is 75.7 Å². The summed E-state index contributed by atoms with van der Waals surface area (Å²) in [6, 6.07) is 20.0. The van der Waals surface area contributed by atoms with E-state index in [4.69, 9.17) is 16.3 Å². The number of benzene rings is 3. The second kappa shape index (κ2) is 10.7. The van der Waals surface area contributed by atoms with E-state index in [1.807, 2.05) is 38.1 Å². The van der Waals surface area contributed by atoms with Crippen molar-refractivity contribution in [3.05, 3.63) is 88.9 Å². The first-order valence-corrected chi connectivity index (χ1v) is 12.3. The van der Waals surface area contributed by atoms with Crippen molar-refractivity contribution in [3.63, 3.8) is 0 Å². The van der Waals surface area contributed by atoms with Crippen LogP contribution in [0.1, 0.15) is 30.5 Å². The van der Waals surface area contributed by atoms with Gasteiger partial charge in [-0.05, 0) is 67.4 Å². The Bertz CT molecular complexity index is 1180. The van der Waals surface area contributed by atoms with Crippen LogP contribution in [0.2, 0.25) is 5.02 Å². The van der Waals surface area contributed by atoms with E-state index in [1.54, 1.807) is 43.5 Å². The molecule has 3 rings (SSSR count). The second-order valence-corrected chi connectivity index (χ2v) is 9.90. The summed E-state index contributed by atoms with van der Waals surface area (Å²) < 4.78 is 33.2. The zero-order chi connectivity index (χ0) is 24.0. The van der Waals surface area contributed by atoms with Gasteiger partial charge in [-0.15, -0.1) is 0 Å². The fourth-order valence-electron chi connectivity index (χ4n) is 3.39. The van der Waals surface area contributed by atoms with Crippen LogP contribution in [0.3, 0.4) is 0 Å². The molecule has 0 heterocycles. The zero-order valence-electron chi connectivity index (χ0n) is 18.8. The van der Waals surface area contributed by atoms with Crippen molar-refractivity contribution in [1.82, 2.24) is 5.32 Å². The third-order valence-corrected chi connectivity index (χ3v) is 7.31. The van der Waals surface area contributed by atoms with Gasteiger partial charge in [0, 0.05) is 5.02 Å². The fourth-order valence-corrected chi connectivity index (χ4v) is 4.93. The van der Waals surface area contributed by atoms with E-state index in [-0.39, 0.29) is 17.5 Å². The smallest absolute Gasteiger partial charge is 0.264 e. The predicted octanol–water partition coefficient (Wildman–Crippen LogP) is 5.12. The van der Waals surface area contributed by atoms with E-state index in [9.17, 15) is 13.2 Å². The average Bonchev–Trinajstić information content (AvgIpc) is 2.82. The standard InChI is InChI=1S/C25H27ClN2O4S/c1-4-24(19-7-13-22(32-3)14-8-19)27-25(29)17-28(21-11-9-20(26)10-12-21)33(30,31)23-15-5-18(2)6-16-23/h5-16,24H,4,17H2,1-3H3,(H,27,29)/t24-/m1/s1. The molecule has 0 aromatic heterocycles. The number of rotatable bonds is 9. The van der Waals surface area contributed by atoms with Crippen molar-refractivity contribution >= 4 is 33.2 Å². The molecule has 6 nitrogen and oxygen atoms in total. The molecule has 174 valence electrons. The van der Waals surface area contributed by atoms with Crippen LogP contribution in [0.4, 0.5) is 5.69 Å². The van der Waals surface area contributed by atoms with Crippen LogP contribution >= 0.6 is 11.6 Å². The lowest BCUT2D eigenvalue weighted by Crippen LogP contribution is -2.42. The maximum absolute atomic E-state index is 13.5. The number of nitrogens with zero attached hydrogens (tertiary/aromatic N) is 1. The Morgan fingerprint density at radius 2 is 1.61 bits per heavy atom. The van der Waals surface area contributed by atoms with E-state index in [1.165, 1.54) is 12.1 Å². The SMILES string of the molecule is CC[C@@H](NC(=O)CN(c1ccc(Cl)cc1)S(=O)(=O)c1ccc(C)cc1)c1ccc(OC)cc1. The minimum Gasteiger partial charge on any atom is -0.497 e. The monoisotopic (exact) mass is 486 g/mol. The molecule has 0 saturated heterocycles. The molecule has 0 bridgehead atoms. The molecule has 3 aromatic rings. The van der Waals surface area contributed by atoms with Crippen LogP contribution < -0.4 is 14.4 Å². The Morgan fingerprint density at radius 3 is 2.15 bits per heavy atom. The van der Waals surface area contributed by atoms with Crippen LogP contribution in [0.5, 0.6) is 5.75 Å². The normalized spacial score (nSPS) is 12.1. The number of aryl methyl sites for hydroxylation is 1. The van der Waals surface area contributed by atoms with E-state index in [0.29, 0.717) is 17.1 Å². The first-order valence-electron chi connectivity index (χ1n) is 10.5. The molecule has 0 fully saturated rings. The van der Waals surface area contributed by atoms with Gasteiger partial charge in [0.2, 0.25) is 5.91 Å². The maximum Gasteiger partial charge on any atom is 0.264 e. The lowest BCUT2D eigenvalue weighted by atomic mass is 10.0. The molecule has 0 aliphatic heterocycles. The van der Waals surface area contributed by atoms with Gasteiger partial charge in [0.25, 0.3) is 10.0 Å². The number of sulfonamides is 1. The van der Waals surface area contributed by atoms with Gasteiger partial charge in [-0.1, -0.05) is 48.4 Å². The summed E-state index contributed by atoms with van der Waals surface area (Å²) in [6.07, 6.45) is 0.643. The van der Waals surface area contributed by atoms with Crippen LogP contribution in [0, 0.1) is 6.92 Å². The minimum atomic E-state index is -3.98. The molecule has 0 unspecified atom stereocenters. The Hall–Kier alpha value is -3.03. The van der Waals surface area contributed by atoms with Gasteiger partial charge in [0.15, 0.2) is 0 Å². The molecule has 1 atom stereocenters.